The van der Waals surface area contributed by atoms with E-state index in [2.05, 4.69) is 9.80 Å². The van der Waals surface area contributed by atoms with Crippen molar-refractivity contribution in [1.29, 1.82) is 0 Å². The largest absolute Gasteiger partial charge is 0.495 e. The molecule has 2 saturated heterocycles. The molecule has 4 rings (SSSR count). The molecule has 2 aromatic rings. The van der Waals surface area contributed by atoms with Gasteiger partial charge < -0.3 is 9.64 Å². The van der Waals surface area contributed by atoms with E-state index >= 15 is 0 Å². The van der Waals surface area contributed by atoms with Gasteiger partial charge in [0, 0.05) is 26.2 Å². The van der Waals surface area contributed by atoms with Crippen LogP contribution in [0, 0.1) is 6.92 Å². The first-order chi connectivity index (χ1) is 14.0. The number of amides is 2. The molecule has 2 fully saturated rings. The first-order valence-corrected chi connectivity index (χ1v) is 10.1. The molecule has 2 aliphatic rings. The van der Waals surface area contributed by atoms with Gasteiger partial charge in [-0.1, -0.05) is 29.8 Å². The van der Waals surface area contributed by atoms with Crippen LogP contribution in [0.4, 0.5) is 11.4 Å². The average molecular weight is 414 g/mol. The summed E-state index contributed by atoms with van der Waals surface area (Å²) in [5.41, 5.74) is 2.51. The first kappa shape index (κ1) is 19.7. The number of piperazine rings is 1. The lowest BCUT2D eigenvalue weighted by Crippen LogP contribution is -2.52. The Morgan fingerprint density at radius 2 is 1.72 bits per heavy atom. The number of halogens is 1. The molecule has 6 nitrogen and oxygen atoms in total. The minimum atomic E-state index is -0.431. The van der Waals surface area contributed by atoms with Crippen molar-refractivity contribution in [2.45, 2.75) is 19.4 Å². The highest BCUT2D eigenvalue weighted by molar-refractivity contribution is 6.36. The van der Waals surface area contributed by atoms with Crippen LogP contribution >= 0.6 is 11.6 Å². The lowest BCUT2D eigenvalue weighted by molar-refractivity contribution is -0.123. The Bertz CT molecular complexity index is 941. The second-order valence-electron chi connectivity index (χ2n) is 7.44. The molecule has 1 unspecified atom stereocenters. The van der Waals surface area contributed by atoms with Crippen molar-refractivity contribution in [3.05, 3.63) is 53.1 Å². The number of rotatable bonds is 4. The van der Waals surface area contributed by atoms with Crippen molar-refractivity contribution >= 4 is 34.8 Å². The number of hydrogen-bond donors (Lipinski definition) is 0. The third kappa shape index (κ3) is 3.70. The number of anilines is 2. The van der Waals surface area contributed by atoms with Crippen molar-refractivity contribution in [3.63, 3.8) is 0 Å². The molecular formula is C22H24ClN3O3. The zero-order chi connectivity index (χ0) is 20.5. The number of carbonyl (C=O) groups excluding carboxylic acids is 2. The molecule has 2 amide bonds. The van der Waals surface area contributed by atoms with Gasteiger partial charge in [0.05, 0.1) is 36.0 Å². The van der Waals surface area contributed by atoms with Gasteiger partial charge in [-0.05, 0) is 36.8 Å². The van der Waals surface area contributed by atoms with Crippen LogP contribution in [0.15, 0.2) is 42.5 Å². The number of methoxy groups -OCH3 is 1. The van der Waals surface area contributed by atoms with E-state index in [1.807, 2.05) is 37.3 Å². The van der Waals surface area contributed by atoms with Crippen molar-refractivity contribution < 1.29 is 14.3 Å². The summed E-state index contributed by atoms with van der Waals surface area (Å²) in [6, 6.07) is 12.9. The van der Waals surface area contributed by atoms with Crippen LogP contribution in [0.5, 0.6) is 5.75 Å². The fourth-order valence-electron chi connectivity index (χ4n) is 4.11. The summed E-state index contributed by atoms with van der Waals surface area (Å²) < 4.78 is 5.47. The quantitative estimate of drug-likeness (QED) is 0.721. The summed E-state index contributed by atoms with van der Waals surface area (Å²) >= 11 is 6.31. The normalized spacial score (nSPS) is 20.4. The van der Waals surface area contributed by atoms with Gasteiger partial charge in [0.1, 0.15) is 5.75 Å². The molecule has 2 aromatic carbocycles. The van der Waals surface area contributed by atoms with Gasteiger partial charge in [0.25, 0.3) is 5.91 Å². The summed E-state index contributed by atoms with van der Waals surface area (Å²) in [4.78, 5) is 31.3. The molecule has 0 bridgehead atoms. The van der Waals surface area contributed by atoms with Crippen LogP contribution in [0.2, 0.25) is 5.02 Å². The minimum Gasteiger partial charge on any atom is -0.495 e. The third-order valence-corrected chi connectivity index (χ3v) is 5.95. The lowest BCUT2D eigenvalue weighted by Gasteiger charge is -2.38. The standard InChI is InChI=1S/C22H24ClN3O3/c1-15-7-8-17(16(23)13-15)26-21(27)14-19(22(26)28)25-11-9-24(10-12-25)18-5-3-4-6-20(18)29-2/h3-8,13,19H,9-12,14H2,1-2H3. The first-order valence-electron chi connectivity index (χ1n) is 9.74. The van der Waals surface area contributed by atoms with E-state index < -0.39 is 6.04 Å². The van der Waals surface area contributed by atoms with Crippen LogP contribution < -0.4 is 14.5 Å². The highest BCUT2D eigenvalue weighted by Crippen LogP contribution is 2.33. The predicted octanol–water partition coefficient (Wildman–Crippen LogP) is 3.11. The number of imide groups is 1. The van der Waals surface area contributed by atoms with Gasteiger partial charge in [0.2, 0.25) is 5.91 Å². The van der Waals surface area contributed by atoms with Gasteiger partial charge >= 0.3 is 0 Å². The summed E-state index contributed by atoms with van der Waals surface area (Å²) in [5.74, 6) is 0.456. The fourth-order valence-corrected chi connectivity index (χ4v) is 4.43. The van der Waals surface area contributed by atoms with Gasteiger partial charge in [0.15, 0.2) is 0 Å². The van der Waals surface area contributed by atoms with E-state index in [9.17, 15) is 9.59 Å². The van der Waals surface area contributed by atoms with Gasteiger partial charge in [-0.3, -0.25) is 14.5 Å². The van der Waals surface area contributed by atoms with Crippen LogP contribution in [0.25, 0.3) is 0 Å². The van der Waals surface area contributed by atoms with Crippen molar-refractivity contribution in [2.75, 3.05) is 43.1 Å². The Morgan fingerprint density at radius 3 is 2.41 bits per heavy atom. The average Bonchev–Trinajstić information content (AvgIpc) is 3.02. The van der Waals surface area contributed by atoms with Crippen LogP contribution in [-0.2, 0) is 9.59 Å². The second kappa shape index (κ2) is 8.05. The number of benzene rings is 2. The van der Waals surface area contributed by atoms with E-state index in [1.165, 1.54) is 4.90 Å². The Balaban J connectivity index is 1.47. The number of aryl methyl sites for hydroxylation is 1. The summed E-state index contributed by atoms with van der Waals surface area (Å²) in [6.45, 7) is 4.87. The summed E-state index contributed by atoms with van der Waals surface area (Å²) in [6.07, 6.45) is 0.192. The molecule has 0 aromatic heterocycles. The third-order valence-electron chi connectivity index (χ3n) is 5.65. The molecule has 0 N–H and O–H groups in total. The summed E-state index contributed by atoms with van der Waals surface area (Å²) in [7, 11) is 1.67. The Labute approximate surface area is 175 Å². The molecule has 1 atom stereocenters. The number of ether oxygens (including phenoxy) is 1. The SMILES string of the molecule is COc1ccccc1N1CCN(C2CC(=O)N(c3ccc(C)cc3Cl)C2=O)CC1. The zero-order valence-electron chi connectivity index (χ0n) is 16.6. The van der Waals surface area contributed by atoms with Gasteiger partial charge in [-0.2, -0.15) is 0 Å². The molecule has 152 valence electrons. The van der Waals surface area contributed by atoms with Crippen molar-refractivity contribution in [2.24, 2.45) is 0 Å². The minimum absolute atomic E-state index is 0.188. The van der Waals surface area contributed by atoms with Gasteiger partial charge in [-0.25, -0.2) is 4.90 Å². The predicted molar refractivity (Wildman–Crippen MR) is 114 cm³/mol. The highest BCUT2D eigenvalue weighted by Gasteiger charge is 2.44. The molecule has 0 aliphatic carbocycles. The molecule has 2 aliphatic heterocycles. The molecule has 0 saturated carbocycles. The smallest absolute Gasteiger partial charge is 0.251 e. The number of hydrogen-bond acceptors (Lipinski definition) is 5. The van der Waals surface area contributed by atoms with E-state index in [-0.39, 0.29) is 18.2 Å². The van der Waals surface area contributed by atoms with Crippen LogP contribution in [0.1, 0.15) is 12.0 Å². The van der Waals surface area contributed by atoms with E-state index in [0.29, 0.717) is 23.8 Å². The van der Waals surface area contributed by atoms with Gasteiger partial charge in [-0.15, -0.1) is 0 Å². The molecule has 0 spiro atoms. The molecule has 0 radical (unpaired) electrons. The number of para-hydroxylation sites is 2. The van der Waals surface area contributed by atoms with Crippen LogP contribution in [-0.4, -0.2) is 56.0 Å². The molecule has 29 heavy (non-hydrogen) atoms. The second-order valence-corrected chi connectivity index (χ2v) is 7.84. The Morgan fingerprint density at radius 1 is 1.00 bits per heavy atom. The van der Waals surface area contributed by atoms with E-state index in [4.69, 9.17) is 16.3 Å². The van der Waals surface area contributed by atoms with Crippen molar-refractivity contribution in [1.82, 2.24) is 4.90 Å². The zero-order valence-corrected chi connectivity index (χ0v) is 17.4. The topological polar surface area (TPSA) is 53.1 Å². The lowest BCUT2D eigenvalue weighted by atomic mass is 10.1. The Hall–Kier alpha value is -2.57. The van der Waals surface area contributed by atoms with Crippen LogP contribution in [0.3, 0.4) is 0 Å². The molecule has 2 heterocycles. The monoisotopic (exact) mass is 413 g/mol. The Kier molecular flexibility index (Phi) is 5.48. The van der Waals surface area contributed by atoms with E-state index in [1.54, 1.807) is 19.2 Å². The maximum Gasteiger partial charge on any atom is 0.251 e. The fraction of sp³-hybridized carbons (Fsp3) is 0.364. The number of nitrogens with zero attached hydrogens (tertiary/aromatic N) is 3. The maximum absolute atomic E-state index is 13.1. The highest BCUT2D eigenvalue weighted by atomic mass is 35.5. The summed E-state index contributed by atoms with van der Waals surface area (Å²) in [5, 5.41) is 0.424. The number of carbonyl (C=O) groups is 2. The maximum atomic E-state index is 13.1. The van der Waals surface area contributed by atoms with Crippen molar-refractivity contribution in [3.8, 4) is 5.75 Å². The molecular weight excluding hydrogens is 390 g/mol. The van der Waals surface area contributed by atoms with E-state index in [0.717, 1.165) is 30.1 Å². The molecule has 7 heteroatoms.